The Morgan fingerprint density at radius 2 is 2.00 bits per heavy atom. The molecule has 0 spiro atoms. The fourth-order valence-electron chi connectivity index (χ4n) is 1.99. The largest absolute Gasteiger partial charge is 0.467 e. The van der Waals surface area contributed by atoms with E-state index < -0.39 is 0 Å². The molecule has 1 N–H and O–H groups in total. The first kappa shape index (κ1) is 14.4. The van der Waals surface area contributed by atoms with Crippen molar-refractivity contribution in [2.45, 2.75) is 6.04 Å². The fraction of sp³-hybridized carbons (Fsp3) is 0.0667. The van der Waals surface area contributed by atoms with Gasteiger partial charge < -0.3 is 9.73 Å². The second-order valence-corrected chi connectivity index (χ2v) is 6.51. The number of nitrogens with one attached hydrogen (secondary N) is 1. The highest BCUT2D eigenvalue weighted by atomic mass is 35.5. The zero-order chi connectivity index (χ0) is 14.8. The molecule has 3 aromatic rings. The van der Waals surface area contributed by atoms with Crippen LogP contribution in [0.2, 0.25) is 9.36 Å². The van der Waals surface area contributed by atoms with E-state index in [-0.39, 0.29) is 11.9 Å². The molecule has 108 valence electrons. The van der Waals surface area contributed by atoms with Gasteiger partial charge in [-0.2, -0.15) is 0 Å². The molecule has 0 aliphatic carbocycles. The molecular formula is C15H10Cl2FNOS. The predicted octanol–water partition coefficient (Wildman–Crippen LogP) is 5.99. The Morgan fingerprint density at radius 1 is 1.14 bits per heavy atom. The average molecular weight is 342 g/mol. The van der Waals surface area contributed by atoms with Crippen molar-refractivity contribution in [2.75, 3.05) is 5.32 Å². The zero-order valence-corrected chi connectivity index (χ0v) is 13.0. The normalized spacial score (nSPS) is 12.3. The molecular weight excluding hydrogens is 332 g/mol. The van der Waals surface area contributed by atoms with E-state index in [1.54, 1.807) is 12.3 Å². The first-order chi connectivity index (χ1) is 10.1. The van der Waals surface area contributed by atoms with Crippen LogP contribution in [0.3, 0.4) is 0 Å². The Morgan fingerprint density at radius 3 is 2.67 bits per heavy atom. The van der Waals surface area contributed by atoms with Gasteiger partial charge in [0, 0.05) is 4.88 Å². The summed E-state index contributed by atoms with van der Waals surface area (Å²) >= 11 is 13.5. The van der Waals surface area contributed by atoms with Crippen LogP contribution < -0.4 is 5.32 Å². The Bertz CT molecular complexity index is 742. The van der Waals surface area contributed by atoms with Crippen molar-refractivity contribution in [3.8, 4) is 0 Å². The van der Waals surface area contributed by atoms with Crippen molar-refractivity contribution in [1.82, 2.24) is 0 Å². The second kappa shape index (κ2) is 6.10. The van der Waals surface area contributed by atoms with Gasteiger partial charge in [-0.25, -0.2) is 4.39 Å². The number of thiophene rings is 1. The SMILES string of the molecule is Fc1ccc(Cl)c(NC(c2ccco2)c2ccc(Cl)s2)c1. The van der Waals surface area contributed by atoms with E-state index in [0.717, 1.165) is 4.88 Å². The smallest absolute Gasteiger partial charge is 0.131 e. The quantitative estimate of drug-likeness (QED) is 0.630. The van der Waals surface area contributed by atoms with Crippen LogP contribution in [0.25, 0.3) is 0 Å². The Labute approximate surface area is 135 Å². The van der Waals surface area contributed by atoms with Gasteiger partial charge in [0.05, 0.1) is 21.3 Å². The number of furan rings is 1. The van der Waals surface area contributed by atoms with Crippen LogP contribution in [0.15, 0.2) is 53.1 Å². The molecule has 0 radical (unpaired) electrons. The van der Waals surface area contributed by atoms with E-state index in [2.05, 4.69) is 5.32 Å². The van der Waals surface area contributed by atoms with Crippen molar-refractivity contribution in [2.24, 2.45) is 0 Å². The van der Waals surface area contributed by atoms with Gasteiger partial charge in [-0.15, -0.1) is 11.3 Å². The highest BCUT2D eigenvalue weighted by Crippen LogP contribution is 2.35. The maximum absolute atomic E-state index is 13.4. The predicted molar refractivity (Wildman–Crippen MR) is 84.9 cm³/mol. The summed E-state index contributed by atoms with van der Waals surface area (Å²) in [6.07, 6.45) is 1.59. The summed E-state index contributed by atoms with van der Waals surface area (Å²) in [5, 5.41) is 3.65. The van der Waals surface area contributed by atoms with E-state index in [0.29, 0.717) is 20.8 Å². The van der Waals surface area contributed by atoms with Crippen LogP contribution in [0.4, 0.5) is 10.1 Å². The van der Waals surface area contributed by atoms with Gasteiger partial charge >= 0.3 is 0 Å². The molecule has 2 heterocycles. The first-order valence-electron chi connectivity index (χ1n) is 6.14. The van der Waals surface area contributed by atoms with Gasteiger partial charge in [0.2, 0.25) is 0 Å². The molecule has 2 nitrogen and oxygen atoms in total. The van der Waals surface area contributed by atoms with Gasteiger partial charge in [-0.05, 0) is 42.5 Å². The summed E-state index contributed by atoms with van der Waals surface area (Å²) in [5.74, 6) is 0.346. The van der Waals surface area contributed by atoms with Crippen molar-refractivity contribution >= 4 is 40.2 Å². The van der Waals surface area contributed by atoms with Gasteiger partial charge in [-0.1, -0.05) is 23.2 Å². The number of anilines is 1. The maximum atomic E-state index is 13.4. The number of hydrogen-bond donors (Lipinski definition) is 1. The number of hydrogen-bond acceptors (Lipinski definition) is 3. The third-order valence-electron chi connectivity index (χ3n) is 2.93. The first-order valence-corrected chi connectivity index (χ1v) is 7.71. The summed E-state index contributed by atoms with van der Waals surface area (Å²) in [5.41, 5.74) is 0.502. The second-order valence-electron chi connectivity index (χ2n) is 4.36. The van der Waals surface area contributed by atoms with E-state index in [4.69, 9.17) is 27.6 Å². The zero-order valence-electron chi connectivity index (χ0n) is 10.6. The van der Waals surface area contributed by atoms with Crippen LogP contribution in [-0.4, -0.2) is 0 Å². The van der Waals surface area contributed by atoms with E-state index in [9.17, 15) is 4.39 Å². The third-order valence-corrected chi connectivity index (χ3v) is 4.56. The molecule has 1 aromatic carbocycles. The van der Waals surface area contributed by atoms with E-state index in [1.165, 1.54) is 29.5 Å². The molecule has 2 aromatic heterocycles. The molecule has 0 aliphatic heterocycles. The van der Waals surface area contributed by atoms with Crippen LogP contribution in [-0.2, 0) is 0 Å². The minimum absolute atomic E-state index is 0.281. The molecule has 3 rings (SSSR count). The lowest BCUT2D eigenvalue weighted by Crippen LogP contribution is -2.10. The summed E-state index contributed by atoms with van der Waals surface area (Å²) in [4.78, 5) is 0.954. The molecule has 0 bridgehead atoms. The van der Waals surface area contributed by atoms with Gasteiger partial charge in [0.25, 0.3) is 0 Å². The summed E-state index contributed by atoms with van der Waals surface area (Å²) in [6.45, 7) is 0. The lowest BCUT2D eigenvalue weighted by atomic mass is 10.1. The third kappa shape index (κ3) is 3.23. The van der Waals surface area contributed by atoms with Crippen molar-refractivity contribution < 1.29 is 8.81 Å². The number of halogens is 3. The van der Waals surface area contributed by atoms with Gasteiger partial charge in [-0.3, -0.25) is 0 Å². The fourth-order valence-corrected chi connectivity index (χ4v) is 3.28. The van der Waals surface area contributed by atoms with E-state index >= 15 is 0 Å². The highest BCUT2D eigenvalue weighted by molar-refractivity contribution is 7.16. The van der Waals surface area contributed by atoms with E-state index in [1.807, 2.05) is 18.2 Å². The molecule has 0 amide bonds. The Hall–Kier alpha value is -1.49. The number of rotatable bonds is 4. The van der Waals surface area contributed by atoms with Crippen molar-refractivity contribution in [1.29, 1.82) is 0 Å². The summed E-state index contributed by atoms with van der Waals surface area (Å²) in [6, 6.07) is 11.3. The molecule has 21 heavy (non-hydrogen) atoms. The molecule has 0 saturated carbocycles. The van der Waals surface area contributed by atoms with Crippen molar-refractivity contribution in [3.05, 3.63) is 74.5 Å². The maximum Gasteiger partial charge on any atom is 0.131 e. The van der Waals surface area contributed by atoms with Crippen molar-refractivity contribution in [3.63, 3.8) is 0 Å². The molecule has 1 unspecified atom stereocenters. The molecule has 0 fully saturated rings. The molecule has 6 heteroatoms. The lowest BCUT2D eigenvalue weighted by molar-refractivity contribution is 0.500. The van der Waals surface area contributed by atoms with Crippen LogP contribution in [0.5, 0.6) is 0 Å². The lowest BCUT2D eigenvalue weighted by Gasteiger charge is -2.17. The summed E-state index contributed by atoms with van der Waals surface area (Å²) in [7, 11) is 0. The van der Waals surface area contributed by atoms with Gasteiger partial charge in [0.15, 0.2) is 0 Å². The highest BCUT2D eigenvalue weighted by Gasteiger charge is 2.20. The standard InChI is InChI=1S/C15H10Cl2FNOS/c16-10-4-3-9(18)8-11(10)19-15(12-2-1-7-20-12)13-5-6-14(17)21-13/h1-8,15,19H. The Balaban J connectivity index is 1.98. The number of benzene rings is 1. The van der Waals surface area contributed by atoms with Crippen LogP contribution in [0, 0.1) is 5.82 Å². The van der Waals surface area contributed by atoms with Gasteiger partial charge in [0.1, 0.15) is 17.6 Å². The molecule has 0 aliphatic rings. The Kier molecular flexibility index (Phi) is 4.19. The molecule has 1 atom stereocenters. The average Bonchev–Trinajstić information content (AvgIpc) is 3.11. The minimum Gasteiger partial charge on any atom is -0.467 e. The topological polar surface area (TPSA) is 25.2 Å². The monoisotopic (exact) mass is 341 g/mol. The van der Waals surface area contributed by atoms with Crippen LogP contribution in [0.1, 0.15) is 16.7 Å². The van der Waals surface area contributed by atoms with Crippen LogP contribution >= 0.6 is 34.5 Å². The minimum atomic E-state index is -0.357. The molecule has 0 saturated heterocycles. The summed E-state index contributed by atoms with van der Waals surface area (Å²) < 4.78 is 19.5.